The lowest BCUT2D eigenvalue weighted by Crippen LogP contribution is -2.67. The van der Waals surface area contributed by atoms with Crippen LogP contribution in [0.4, 0.5) is 110 Å². The zero-order chi connectivity index (χ0) is 53.9. The molecular weight excluding hydrogens is 1060 g/mol. The second kappa shape index (κ2) is 21.6. The first-order valence-corrected chi connectivity index (χ1v) is 19.6. The van der Waals surface area contributed by atoms with Gasteiger partial charge in [0.15, 0.2) is 12.1 Å². The Morgan fingerprint density at radius 3 is 1.10 bits per heavy atom. The van der Waals surface area contributed by atoms with E-state index < -0.39 is 157 Å². The summed E-state index contributed by atoms with van der Waals surface area (Å²) < 4.78 is 346. The maximum atomic E-state index is 14.6. The minimum Gasteiger partial charge on any atom is -0.477 e. The molecule has 0 aromatic heterocycles. The molecule has 67 heavy (non-hydrogen) atoms. The van der Waals surface area contributed by atoms with Gasteiger partial charge >= 0.3 is 72.9 Å². The van der Waals surface area contributed by atoms with Gasteiger partial charge in [-0.25, -0.2) is 14.0 Å². The molecule has 37 heteroatoms. The molecule has 0 aromatic carbocycles. The van der Waals surface area contributed by atoms with Crippen molar-refractivity contribution in [3.63, 3.8) is 0 Å². The Balaban J connectivity index is 5.79. The van der Waals surface area contributed by atoms with Crippen LogP contribution >= 0.6 is 23.5 Å². The molecule has 0 spiro atoms. The fourth-order valence-electron chi connectivity index (χ4n) is 4.79. The van der Waals surface area contributed by atoms with E-state index in [4.69, 9.17) is 4.74 Å². The Morgan fingerprint density at radius 1 is 0.507 bits per heavy atom. The van der Waals surface area contributed by atoms with E-state index in [1.807, 2.05) is 0 Å². The number of carboxylic acids is 2. The van der Waals surface area contributed by atoms with Crippen molar-refractivity contribution in [2.24, 2.45) is 0 Å². The van der Waals surface area contributed by atoms with E-state index in [0.717, 1.165) is 14.1 Å². The number of hydrogen-bond acceptors (Lipinski definition) is 8. The molecule has 0 saturated heterocycles. The number of alkyl halides is 25. The fourth-order valence-corrected chi connectivity index (χ4v) is 7.14. The Bertz CT molecular complexity index is 1620. The van der Waals surface area contributed by atoms with Crippen molar-refractivity contribution in [3.05, 3.63) is 0 Å². The average Bonchev–Trinajstić information content (AvgIpc) is 3.06. The van der Waals surface area contributed by atoms with Gasteiger partial charge in [0.1, 0.15) is 13.1 Å². The topological polar surface area (TPSA) is 112 Å². The number of thioether (sulfide) groups is 2. The molecule has 2 N–H and O–H groups in total. The van der Waals surface area contributed by atoms with E-state index in [1.165, 1.54) is 0 Å². The molecule has 6 unspecified atom stereocenters. The molecule has 0 aliphatic heterocycles. The molecule has 400 valence electrons. The highest BCUT2D eigenvalue weighted by atomic mass is 32.2. The van der Waals surface area contributed by atoms with Crippen molar-refractivity contribution in [2.75, 3.05) is 77.5 Å². The summed E-state index contributed by atoms with van der Waals surface area (Å²) in [6.45, 7) is -5.72. The van der Waals surface area contributed by atoms with Crippen LogP contribution in [0.1, 0.15) is 6.92 Å². The van der Waals surface area contributed by atoms with E-state index in [2.05, 4.69) is 9.47 Å². The summed E-state index contributed by atoms with van der Waals surface area (Å²) in [5.74, 6) is -21.9. The van der Waals surface area contributed by atoms with Gasteiger partial charge in [-0.1, -0.05) is 0 Å². The summed E-state index contributed by atoms with van der Waals surface area (Å²) in [5, 5.41) is 19.2. The number of rotatable bonds is 27. The molecule has 0 aliphatic rings. The zero-order valence-electron chi connectivity index (χ0n) is 34.0. The smallest absolute Gasteiger partial charge is 0.462 e. The van der Waals surface area contributed by atoms with Crippen LogP contribution in [0, 0.1) is 0 Å². The number of likely N-dealkylation sites (N-methyl/N-ethyl adjacent to an activating group) is 2. The van der Waals surface area contributed by atoms with Crippen molar-refractivity contribution in [1.82, 2.24) is 0 Å². The predicted molar refractivity (Wildman–Crippen MR) is 177 cm³/mol. The van der Waals surface area contributed by atoms with Crippen LogP contribution in [0.5, 0.6) is 0 Å². The molecule has 0 bridgehead atoms. The number of quaternary nitrogens is 2. The van der Waals surface area contributed by atoms with Gasteiger partial charge in [0.2, 0.25) is 12.2 Å². The van der Waals surface area contributed by atoms with Crippen LogP contribution < -0.4 is 0 Å². The minimum atomic E-state index is -7.91. The van der Waals surface area contributed by atoms with Gasteiger partial charge in [0, 0.05) is 11.5 Å². The largest absolute Gasteiger partial charge is 0.477 e. The predicted octanol–water partition coefficient (Wildman–Crippen LogP) is 8.93. The summed E-state index contributed by atoms with van der Waals surface area (Å²) in [5.41, 5.74) is -5.64. The molecule has 0 amide bonds. The van der Waals surface area contributed by atoms with Crippen molar-refractivity contribution in [3.8, 4) is 0 Å². The number of carboxylic acid groups (broad SMARTS) is 2. The van der Waals surface area contributed by atoms with Gasteiger partial charge in [0.05, 0.1) is 52.9 Å². The molecule has 0 heterocycles. The number of carbonyl (C=O) groups is 2. The average molecular weight is 1090 g/mol. The van der Waals surface area contributed by atoms with Crippen LogP contribution in [-0.2, 0) is 28.5 Å². The molecule has 0 rings (SSSR count). The summed E-state index contributed by atoms with van der Waals surface area (Å²) >= 11 is 1.09. The summed E-state index contributed by atoms with van der Waals surface area (Å²) in [6, 6.07) is -4.20. The molecule has 0 radical (unpaired) electrons. The first-order valence-electron chi connectivity index (χ1n) is 17.3. The highest BCUT2D eigenvalue weighted by Gasteiger charge is 2.84. The Kier molecular flexibility index (Phi) is 20.8. The van der Waals surface area contributed by atoms with Gasteiger partial charge in [-0.3, -0.25) is 14.2 Å². The minimum absolute atomic E-state index is 0.245. The SMILES string of the molecule is CC(F)(C(F)(F)F)C(F)(F)OC(C[N+](C)(C)C(CSCCOCCSCC(C(=O)O)[N+](C)(C)CC(OC(F)(F)C(F)(OC(F)(F)C(F)(F)C(F)(F)F)C(F)(F)F)C(F)(F)F)C(=O)O)C(F)(F)F. The Labute approximate surface area is 368 Å². The van der Waals surface area contributed by atoms with E-state index in [0.29, 0.717) is 37.6 Å². The van der Waals surface area contributed by atoms with Crippen LogP contribution in [0.3, 0.4) is 0 Å². The maximum Gasteiger partial charge on any atom is 0.462 e. The van der Waals surface area contributed by atoms with Gasteiger partial charge in [-0.2, -0.15) is 129 Å². The highest BCUT2D eigenvalue weighted by Crippen LogP contribution is 2.56. The first-order chi connectivity index (χ1) is 29.2. The third-order valence-corrected chi connectivity index (χ3v) is 11.0. The molecule has 0 aromatic rings. The van der Waals surface area contributed by atoms with E-state index in [9.17, 15) is 130 Å². The van der Waals surface area contributed by atoms with Gasteiger partial charge in [-0.15, -0.1) is 0 Å². The number of aliphatic carboxylic acids is 2. The summed E-state index contributed by atoms with van der Waals surface area (Å²) in [6.07, 6.45) is -64.3. The number of nitrogens with zero attached hydrogens (tertiary/aromatic N) is 2. The third kappa shape index (κ3) is 16.3. The van der Waals surface area contributed by atoms with Crippen molar-refractivity contribution in [1.29, 1.82) is 0 Å². The number of ether oxygens (including phenoxy) is 4. The molecule has 0 aliphatic carbocycles. The lowest BCUT2D eigenvalue weighted by Gasteiger charge is -2.41. The molecule has 0 fully saturated rings. The highest BCUT2D eigenvalue weighted by molar-refractivity contribution is 7.99. The van der Waals surface area contributed by atoms with E-state index in [1.54, 1.807) is 4.74 Å². The molecule has 6 atom stereocenters. The third-order valence-electron chi connectivity index (χ3n) is 8.94. The maximum absolute atomic E-state index is 14.6. The van der Waals surface area contributed by atoms with Crippen molar-refractivity contribution in [2.45, 2.75) is 97.9 Å². The fraction of sp³-hybridized carbons (Fsp3) is 0.933. The second-order valence-electron chi connectivity index (χ2n) is 15.0. The standard InChI is InChI=1S/C30H35F25N2O8S2/c1-20(31,25(41,42)43)28(50,51)63-16(21(32,33)34)10-56(2,3)14(18(58)59)12-66-8-6-62-7-9-67-13-15(19(60)61)57(4,5)11-17(22(35,36)37)64-30(54,55)24(40,27(47,48)49)65-29(52,53)23(38,39)26(44,45)46/h14-17H,6-13H2,1-5H3/p+2. The lowest BCUT2D eigenvalue weighted by atomic mass is 10.1. The number of hydrogen-bond donors (Lipinski definition) is 2. The summed E-state index contributed by atoms with van der Waals surface area (Å²) in [4.78, 5) is 23.8. The first kappa shape index (κ1) is 64.7. The lowest BCUT2D eigenvalue weighted by molar-refractivity contribution is -0.909. The van der Waals surface area contributed by atoms with Crippen LogP contribution in [0.25, 0.3) is 0 Å². The normalized spacial score (nSPS) is 18.5. The second-order valence-corrected chi connectivity index (χ2v) is 17.3. The molecule has 10 nitrogen and oxygen atoms in total. The Hall–Kier alpha value is -2.35. The van der Waals surface area contributed by atoms with Crippen LogP contribution in [0.2, 0.25) is 0 Å². The van der Waals surface area contributed by atoms with Crippen LogP contribution in [0.15, 0.2) is 0 Å². The van der Waals surface area contributed by atoms with E-state index >= 15 is 0 Å². The van der Waals surface area contributed by atoms with E-state index in [-0.39, 0.29) is 11.5 Å². The quantitative estimate of drug-likeness (QED) is 0.0470. The summed E-state index contributed by atoms with van der Waals surface area (Å²) in [7, 11) is 2.36. The Morgan fingerprint density at radius 2 is 0.836 bits per heavy atom. The van der Waals surface area contributed by atoms with Crippen molar-refractivity contribution >= 4 is 35.5 Å². The number of halogens is 25. The monoisotopic (exact) mass is 1090 g/mol. The molecular formula is C30H37F25N2O8S2+2. The van der Waals surface area contributed by atoms with Gasteiger partial charge in [-0.05, 0) is 6.92 Å². The van der Waals surface area contributed by atoms with Gasteiger partial charge in [0.25, 0.3) is 5.67 Å². The van der Waals surface area contributed by atoms with Crippen LogP contribution in [-0.4, -0.2) is 200 Å². The van der Waals surface area contributed by atoms with Crippen molar-refractivity contribution < 1.29 is 157 Å². The van der Waals surface area contributed by atoms with Gasteiger partial charge < -0.3 is 23.9 Å². The zero-order valence-corrected chi connectivity index (χ0v) is 35.6. The molecule has 0 saturated carbocycles.